The lowest BCUT2D eigenvalue weighted by Gasteiger charge is -2.13. The summed E-state index contributed by atoms with van der Waals surface area (Å²) in [5, 5.41) is 9.30. The fraction of sp³-hybridized carbons (Fsp3) is 0.0435. The Hall–Kier alpha value is -4.44. The van der Waals surface area contributed by atoms with Gasteiger partial charge in [-0.3, -0.25) is 9.59 Å². The Kier molecular flexibility index (Phi) is 4.97. The molecule has 30 heavy (non-hydrogen) atoms. The Labute approximate surface area is 171 Å². The molecule has 0 atom stereocenters. The fourth-order valence-electron chi connectivity index (χ4n) is 2.97. The third-order valence-electron chi connectivity index (χ3n) is 4.48. The minimum absolute atomic E-state index is 0.174. The van der Waals surface area contributed by atoms with Crippen molar-refractivity contribution in [3.63, 3.8) is 0 Å². The highest BCUT2D eigenvalue weighted by atomic mass is 16.7. The fourth-order valence-corrected chi connectivity index (χ4v) is 2.97. The van der Waals surface area contributed by atoms with Gasteiger partial charge in [0.1, 0.15) is 12.4 Å². The van der Waals surface area contributed by atoms with Crippen molar-refractivity contribution in [3.8, 4) is 11.8 Å². The van der Waals surface area contributed by atoms with E-state index in [0.29, 0.717) is 21.9 Å². The van der Waals surface area contributed by atoms with E-state index in [9.17, 15) is 14.4 Å². The molecule has 3 aromatic carbocycles. The quantitative estimate of drug-likeness (QED) is 0.610. The van der Waals surface area contributed by atoms with Crippen LogP contribution in [0.1, 0.15) is 42.2 Å². The van der Waals surface area contributed by atoms with Crippen molar-refractivity contribution >= 4 is 17.8 Å². The molecule has 0 fully saturated rings. The highest BCUT2D eigenvalue weighted by Crippen LogP contribution is 2.23. The maximum atomic E-state index is 12.5. The number of rotatable bonds is 5. The van der Waals surface area contributed by atoms with Crippen LogP contribution in [0.5, 0.6) is 5.75 Å². The number of ether oxygens (including phenoxy) is 1. The number of nitrogens with zero attached hydrogens (tertiary/aromatic N) is 2. The van der Waals surface area contributed by atoms with Gasteiger partial charge in [0.15, 0.2) is 0 Å². The molecule has 1 aliphatic heterocycles. The number of imide groups is 1. The van der Waals surface area contributed by atoms with E-state index in [1.165, 1.54) is 18.2 Å². The lowest BCUT2D eigenvalue weighted by atomic mass is 10.1. The van der Waals surface area contributed by atoms with Crippen LogP contribution >= 0.6 is 0 Å². The van der Waals surface area contributed by atoms with E-state index in [0.717, 1.165) is 0 Å². The molecule has 146 valence electrons. The van der Waals surface area contributed by atoms with Gasteiger partial charge >= 0.3 is 5.97 Å². The van der Waals surface area contributed by atoms with Crippen LogP contribution < -0.4 is 4.74 Å². The van der Waals surface area contributed by atoms with Crippen LogP contribution in [0.25, 0.3) is 0 Å². The molecule has 0 saturated carbocycles. The van der Waals surface area contributed by atoms with Crippen molar-refractivity contribution in [3.05, 3.63) is 101 Å². The van der Waals surface area contributed by atoms with Crippen LogP contribution in [0.2, 0.25) is 0 Å². The van der Waals surface area contributed by atoms with Gasteiger partial charge in [-0.15, -0.1) is 0 Å². The Balaban J connectivity index is 1.43. The van der Waals surface area contributed by atoms with Crippen molar-refractivity contribution in [2.75, 3.05) is 0 Å². The van der Waals surface area contributed by atoms with E-state index in [4.69, 9.17) is 14.8 Å². The summed E-state index contributed by atoms with van der Waals surface area (Å²) in [6.07, 6.45) is 0. The molecule has 3 aromatic rings. The minimum atomic E-state index is -0.829. The van der Waals surface area contributed by atoms with Gasteiger partial charge < -0.3 is 9.57 Å². The SMILES string of the molecule is N#Cc1ccc(OCc2cccc(C(=O)ON3C(=O)c4ccccc4C3=O)c2)cc1. The maximum absolute atomic E-state index is 12.5. The zero-order chi connectivity index (χ0) is 21.1. The van der Waals surface area contributed by atoms with Gasteiger partial charge in [0.2, 0.25) is 0 Å². The third kappa shape index (κ3) is 3.62. The van der Waals surface area contributed by atoms with Gasteiger partial charge in [-0.25, -0.2) is 4.79 Å². The van der Waals surface area contributed by atoms with Crippen LogP contribution in [0.15, 0.2) is 72.8 Å². The molecule has 0 aromatic heterocycles. The molecule has 4 rings (SSSR count). The smallest absolute Gasteiger partial charge is 0.363 e. The molecular weight excluding hydrogens is 384 g/mol. The van der Waals surface area contributed by atoms with Crippen LogP contribution in [0.3, 0.4) is 0 Å². The minimum Gasteiger partial charge on any atom is -0.489 e. The first-order chi connectivity index (χ1) is 14.6. The monoisotopic (exact) mass is 398 g/mol. The molecule has 0 bridgehead atoms. The van der Waals surface area contributed by atoms with E-state index in [-0.39, 0.29) is 23.3 Å². The summed E-state index contributed by atoms with van der Waals surface area (Å²) in [7, 11) is 0. The third-order valence-corrected chi connectivity index (χ3v) is 4.48. The molecule has 7 heteroatoms. The van der Waals surface area contributed by atoms with Crippen LogP contribution in [-0.2, 0) is 11.4 Å². The van der Waals surface area contributed by atoms with Gasteiger partial charge in [-0.05, 0) is 54.1 Å². The molecule has 0 N–H and O–H groups in total. The summed E-state index contributed by atoms with van der Waals surface area (Å²) in [5.74, 6) is -1.61. The first kappa shape index (κ1) is 18.9. The second-order valence-corrected chi connectivity index (χ2v) is 6.45. The second-order valence-electron chi connectivity index (χ2n) is 6.45. The average molecular weight is 398 g/mol. The van der Waals surface area contributed by atoms with E-state index in [2.05, 4.69) is 0 Å². The van der Waals surface area contributed by atoms with Crippen molar-refractivity contribution in [2.45, 2.75) is 6.61 Å². The molecule has 0 unspecified atom stereocenters. The summed E-state index contributed by atoms with van der Waals surface area (Å²) in [5.41, 5.74) is 1.78. The van der Waals surface area contributed by atoms with Gasteiger partial charge in [0.25, 0.3) is 11.8 Å². The van der Waals surface area contributed by atoms with Gasteiger partial charge in [-0.1, -0.05) is 29.3 Å². The Morgan fingerprint density at radius 3 is 2.20 bits per heavy atom. The Morgan fingerprint density at radius 2 is 1.57 bits per heavy atom. The van der Waals surface area contributed by atoms with Crippen LogP contribution in [0, 0.1) is 11.3 Å². The lowest BCUT2D eigenvalue weighted by Crippen LogP contribution is -2.32. The predicted molar refractivity (Wildman–Crippen MR) is 104 cm³/mol. The Bertz CT molecular complexity index is 1160. The van der Waals surface area contributed by atoms with E-state index in [1.54, 1.807) is 54.6 Å². The van der Waals surface area contributed by atoms with Crippen molar-refractivity contribution < 1.29 is 24.0 Å². The summed E-state index contributed by atoms with van der Waals surface area (Å²) >= 11 is 0. The number of fused-ring (bicyclic) bond motifs is 1. The first-order valence-corrected chi connectivity index (χ1v) is 8.99. The number of amides is 2. The van der Waals surface area contributed by atoms with E-state index in [1.807, 2.05) is 6.07 Å². The summed E-state index contributed by atoms with van der Waals surface area (Å²) in [6.45, 7) is 0.181. The Morgan fingerprint density at radius 1 is 0.900 bits per heavy atom. The molecule has 0 radical (unpaired) electrons. The largest absolute Gasteiger partial charge is 0.489 e. The normalized spacial score (nSPS) is 12.3. The molecule has 0 saturated heterocycles. The number of hydroxylamine groups is 2. The standard InChI is InChI=1S/C23H14N2O5/c24-13-15-8-10-18(11-9-15)29-14-16-4-3-5-17(12-16)23(28)30-25-21(26)19-6-1-2-7-20(19)22(25)27/h1-12H,14H2. The molecule has 1 heterocycles. The van der Waals surface area contributed by atoms with Crippen molar-refractivity contribution in [2.24, 2.45) is 0 Å². The van der Waals surface area contributed by atoms with E-state index >= 15 is 0 Å². The summed E-state index contributed by atoms with van der Waals surface area (Å²) in [6, 6.07) is 21.4. The lowest BCUT2D eigenvalue weighted by molar-refractivity contribution is -0.0584. The van der Waals surface area contributed by atoms with Gasteiger partial charge in [0, 0.05) is 0 Å². The molecule has 0 aliphatic carbocycles. The molecule has 2 amide bonds. The van der Waals surface area contributed by atoms with E-state index < -0.39 is 17.8 Å². The van der Waals surface area contributed by atoms with Crippen LogP contribution in [0.4, 0.5) is 0 Å². The molecule has 7 nitrogen and oxygen atoms in total. The maximum Gasteiger partial charge on any atom is 0.363 e. The number of carbonyl (C=O) groups is 3. The van der Waals surface area contributed by atoms with Gasteiger partial charge in [-0.2, -0.15) is 5.26 Å². The summed E-state index contributed by atoms with van der Waals surface area (Å²) < 4.78 is 5.66. The number of nitriles is 1. The van der Waals surface area contributed by atoms with Gasteiger partial charge in [0.05, 0.1) is 28.3 Å². The number of carbonyl (C=O) groups excluding carboxylic acids is 3. The topological polar surface area (TPSA) is 96.7 Å². The van der Waals surface area contributed by atoms with Crippen LogP contribution in [-0.4, -0.2) is 22.8 Å². The number of benzene rings is 3. The zero-order valence-corrected chi connectivity index (χ0v) is 15.6. The number of hydrogen-bond donors (Lipinski definition) is 0. The molecule has 0 spiro atoms. The highest BCUT2D eigenvalue weighted by Gasteiger charge is 2.38. The molecular formula is C23H14N2O5. The highest BCUT2D eigenvalue weighted by molar-refractivity contribution is 6.21. The number of hydrogen-bond acceptors (Lipinski definition) is 6. The zero-order valence-electron chi connectivity index (χ0n) is 15.6. The summed E-state index contributed by atoms with van der Waals surface area (Å²) in [4.78, 5) is 42.2. The van der Waals surface area contributed by atoms with Crippen molar-refractivity contribution in [1.29, 1.82) is 5.26 Å². The first-order valence-electron chi connectivity index (χ1n) is 8.99. The van der Waals surface area contributed by atoms with Crippen molar-refractivity contribution in [1.82, 2.24) is 5.06 Å². The molecule has 1 aliphatic rings. The average Bonchev–Trinajstić information content (AvgIpc) is 3.03. The second kappa shape index (κ2) is 7.89. The predicted octanol–water partition coefficient (Wildman–Crippen LogP) is 3.51.